The molecule has 106 valence electrons. The van der Waals surface area contributed by atoms with E-state index in [4.69, 9.17) is 5.73 Å². The maximum Gasteiger partial charge on any atom is 0.248 e. The van der Waals surface area contributed by atoms with E-state index in [1.165, 1.54) is 0 Å². The van der Waals surface area contributed by atoms with Gasteiger partial charge in [-0.3, -0.25) is 9.59 Å². The molecule has 4 nitrogen and oxygen atoms in total. The van der Waals surface area contributed by atoms with E-state index in [0.717, 1.165) is 31.6 Å². The lowest BCUT2D eigenvalue weighted by Crippen LogP contribution is -2.11. The number of primary amides is 1. The third-order valence-corrected chi connectivity index (χ3v) is 4.04. The van der Waals surface area contributed by atoms with Crippen molar-refractivity contribution in [2.24, 2.45) is 5.73 Å². The van der Waals surface area contributed by atoms with Gasteiger partial charge in [0.1, 0.15) is 0 Å². The molecular weight excluding hydrogens is 332 g/mol. The van der Waals surface area contributed by atoms with Gasteiger partial charge in [-0.05, 0) is 40.3 Å². The number of aromatic nitrogens is 1. The summed E-state index contributed by atoms with van der Waals surface area (Å²) in [6.45, 7) is 0. The van der Waals surface area contributed by atoms with Crippen LogP contribution in [-0.4, -0.2) is 10.9 Å². The van der Waals surface area contributed by atoms with E-state index in [0.29, 0.717) is 12.8 Å². The molecule has 0 aliphatic carbocycles. The smallest absolute Gasteiger partial charge is 0.248 e. The topological polar surface area (TPSA) is 76.0 Å². The Labute approximate surface area is 129 Å². The number of nitrogens with one attached hydrogen (secondary N) is 1. The highest BCUT2D eigenvalue weighted by atomic mass is 79.9. The van der Waals surface area contributed by atoms with E-state index in [-0.39, 0.29) is 11.5 Å². The summed E-state index contributed by atoms with van der Waals surface area (Å²) < 4.78 is 0.967. The van der Waals surface area contributed by atoms with Crippen molar-refractivity contribution < 1.29 is 4.79 Å². The summed E-state index contributed by atoms with van der Waals surface area (Å²) >= 11 is 3.47. The van der Waals surface area contributed by atoms with E-state index in [1.54, 1.807) is 12.3 Å². The second-order valence-electron chi connectivity index (χ2n) is 4.99. The summed E-state index contributed by atoms with van der Waals surface area (Å²) in [7, 11) is 0. The molecule has 0 spiro atoms. The van der Waals surface area contributed by atoms with E-state index >= 15 is 0 Å². The SMILES string of the molecule is NC(=O)CCc1cc2cc(=O)[nH]cc2c2cc(Br)ccc12. The number of fused-ring (bicyclic) bond motifs is 3. The molecule has 5 heteroatoms. The minimum atomic E-state index is -0.328. The van der Waals surface area contributed by atoms with Crippen molar-refractivity contribution in [2.75, 3.05) is 0 Å². The van der Waals surface area contributed by atoms with Gasteiger partial charge in [0.05, 0.1) is 0 Å². The molecule has 3 N–H and O–H groups in total. The standard InChI is InChI=1S/C16H13BrN2O2/c17-11-2-3-12-9(1-4-15(18)20)5-10-6-16(21)19-8-14(10)13(12)7-11/h2-3,5-8H,1,4H2,(H2,18,20)(H,19,21). The number of amides is 1. The van der Waals surface area contributed by atoms with Gasteiger partial charge in [0.15, 0.2) is 0 Å². The lowest BCUT2D eigenvalue weighted by Gasteiger charge is -2.10. The van der Waals surface area contributed by atoms with Crippen LogP contribution >= 0.6 is 15.9 Å². The number of H-pyrrole nitrogens is 1. The number of halogens is 1. The molecule has 1 heterocycles. The number of hydrogen-bond acceptors (Lipinski definition) is 2. The van der Waals surface area contributed by atoms with Crippen molar-refractivity contribution in [1.82, 2.24) is 4.98 Å². The Hall–Kier alpha value is -2.14. The Morgan fingerprint density at radius 3 is 2.71 bits per heavy atom. The summed E-state index contributed by atoms with van der Waals surface area (Å²) in [6.07, 6.45) is 2.58. The Morgan fingerprint density at radius 1 is 1.14 bits per heavy atom. The number of hydrogen-bond donors (Lipinski definition) is 2. The number of aryl methyl sites for hydroxylation is 1. The monoisotopic (exact) mass is 344 g/mol. The first-order chi connectivity index (χ1) is 10.0. The van der Waals surface area contributed by atoms with Crippen molar-refractivity contribution in [2.45, 2.75) is 12.8 Å². The van der Waals surface area contributed by atoms with Gasteiger partial charge in [-0.25, -0.2) is 0 Å². The number of nitrogens with two attached hydrogens (primary N) is 1. The Kier molecular flexibility index (Phi) is 3.51. The van der Waals surface area contributed by atoms with Crippen molar-refractivity contribution in [3.8, 4) is 0 Å². The molecule has 0 aliphatic heterocycles. The summed E-state index contributed by atoms with van der Waals surface area (Å²) in [5.74, 6) is -0.328. The lowest BCUT2D eigenvalue weighted by molar-refractivity contribution is -0.117. The highest BCUT2D eigenvalue weighted by Crippen LogP contribution is 2.30. The maximum absolute atomic E-state index is 11.5. The molecule has 0 atom stereocenters. The van der Waals surface area contributed by atoms with E-state index in [1.807, 2.05) is 24.3 Å². The van der Waals surface area contributed by atoms with Gasteiger partial charge in [-0.15, -0.1) is 0 Å². The Bertz CT molecular complexity index is 915. The lowest BCUT2D eigenvalue weighted by atomic mass is 9.96. The summed E-state index contributed by atoms with van der Waals surface area (Å²) in [5.41, 5.74) is 6.13. The quantitative estimate of drug-likeness (QED) is 0.716. The maximum atomic E-state index is 11.5. The predicted octanol–water partition coefficient (Wildman–Crippen LogP) is 2.86. The number of carbonyl (C=O) groups is 1. The Balaban J connectivity index is 2.33. The number of pyridine rings is 1. The largest absolute Gasteiger partial charge is 0.370 e. The number of aromatic amines is 1. The van der Waals surface area contributed by atoms with Gasteiger partial charge in [0.2, 0.25) is 11.5 Å². The van der Waals surface area contributed by atoms with Crippen LogP contribution < -0.4 is 11.3 Å². The van der Waals surface area contributed by atoms with Gasteiger partial charge >= 0.3 is 0 Å². The second-order valence-corrected chi connectivity index (χ2v) is 5.91. The Morgan fingerprint density at radius 2 is 1.95 bits per heavy atom. The second kappa shape index (κ2) is 5.33. The molecule has 0 saturated carbocycles. The molecule has 0 unspecified atom stereocenters. The highest BCUT2D eigenvalue weighted by molar-refractivity contribution is 9.10. The van der Waals surface area contributed by atoms with Crippen molar-refractivity contribution >= 4 is 43.4 Å². The zero-order valence-corrected chi connectivity index (χ0v) is 12.7. The molecule has 21 heavy (non-hydrogen) atoms. The van der Waals surface area contributed by atoms with Crippen LogP contribution in [-0.2, 0) is 11.2 Å². The van der Waals surface area contributed by atoms with Crippen LogP contribution in [0.15, 0.2) is 45.8 Å². The van der Waals surface area contributed by atoms with Crippen molar-refractivity contribution in [3.63, 3.8) is 0 Å². The summed E-state index contributed by atoms with van der Waals surface area (Å²) in [4.78, 5) is 25.3. The fourth-order valence-corrected chi connectivity index (χ4v) is 2.95. The van der Waals surface area contributed by atoms with E-state index in [9.17, 15) is 9.59 Å². The fraction of sp³-hybridized carbons (Fsp3) is 0.125. The molecule has 0 bridgehead atoms. The fourth-order valence-electron chi connectivity index (χ4n) is 2.59. The van der Waals surface area contributed by atoms with E-state index < -0.39 is 0 Å². The molecule has 2 aromatic carbocycles. The van der Waals surface area contributed by atoms with Crippen LogP contribution in [0.3, 0.4) is 0 Å². The molecule has 3 rings (SSSR count). The van der Waals surface area contributed by atoms with Gasteiger partial charge in [0, 0.05) is 28.5 Å². The highest BCUT2D eigenvalue weighted by Gasteiger charge is 2.09. The molecule has 0 fully saturated rings. The van der Waals surface area contributed by atoms with Crippen LogP contribution in [0.25, 0.3) is 21.5 Å². The number of benzene rings is 2. The minimum absolute atomic E-state index is 0.141. The van der Waals surface area contributed by atoms with Gasteiger partial charge < -0.3 is 10.7 Å². The predicted molar refractivity (Wildman–Crippen MR) is 87.3 cm³/mol. The van der Waals surface area contributed by atoms with Crippen molar-refractivity contribution in [1.29, 1.82) is 0 Å². The molecular formula is C16H13BrN2O2. The molecule has 0 aliphatic rings. The molecule has 3 aromatic rings. The first kappa shape index (κ1) is 13.8. The van der Waals surface area contributed by atoms with Gasteiger partial charge in [-0.2, -0.15) is 0 Å². The average Bonchev–Trinajstić information content (AvgIpc) is 2.44. The van der Waals surface area contributed by atoms with Crippen LogP contribution in [0, 0.1) is 0 Å². The number of rotatable bonds is 3. The van der Waals surface area contributed by atoms with E-state index in [2.05, 4.69) is 20.9 Å². The first-order valence-electron chi connectivity index (χ1n) is 6.56. The number of carbonyl (C=O) groups excluding carboxylic acids is 1. The van der Waals surface area contributed by atoms with Crippen LogP contribution in [0.2, 0.25) is 0 Å². The molecule has 1 aromatic heterocycles. The van der Waals surface area contributed by atoms with Crippen molar-refractivity contribution in [3.05, 3.63) is 56.9 Å². The summed E-state index contributed by atoms with van der Waals surface area (Å²) in [6, 6.07) is 9.53. The van der Waals surface area contributed by atoms with Crippen LogP contribution in [0.4, 0.5) is 0 Å². The molecule has 1 amide bonds. The molecule has 0 saturated heterocycles. The van der Waals surface area contributed by atoms with Gasteiger partial charge in [0.25, 0.3) is 0 Å². The van der Waals surface area contributed by atoms with Gasteiger partial charge in [-0.1, -0.05) is 28.1 Å². The van der Waals surface area contributed by atoms with Crippen LogP contribution in [0.5, 0.6) is 0 Å². The third kappa shape index (κ3) is 2.69. The van der Waals surface area contributed by atoms with Crippen LogP contribution in [0.1, 0.15) is 12.0 Å². The molecule has 0 radical (unpaired) electrons. The zero-order chi connectivity index (χ0) is 15.0. The zero-order valence-electron chi connectivity index (χ0n) is 11.2. The first-order valence-corrected chi connectivity index (χ1v) is 7.36. The summed E-state index contributed by atoms with van der Waals surface area (Å²) in [5, 5.41) is 3.95. The minimum Gasteiger partial charge on any atom is -0.370 e. The third-order valence-electron chi connectivity index (χ3n) is 3.54. The average molecular weight is 345 g/mol. The normalized spacial score (nSPS) is 11.1.